The summed E-state index contributed by atoms with van der Waals surface area (Å²) in [6.45, 7) is 3.51. The van der Waals surface area contributed by atoms with E-state index in [0.717, 1.165) is 17.0 Å². The zero-order chi connectivity index (χ0) is 22.1. The Labute approximate surface area is 186 Å². The van der Waals surface area contributed by atoms with Gasteiger partial charge in [-0.2, -0.15) is 4.31 Å². The van der Waals surface area contributed by atoms with Crippen molar-refractivity contribution in [3.05, 3.63) is 77.4 Å². The summed E-state index contributed by atoms with van der Waals surface area (Å²) in [5, 5.41) is 8.61. The summed E-state index contributed by atoms with van der Waals surface area (Å²) in [6.07, 6.45) is -0.264. The van der Waals surface area contributed by atoms with Gasteiger partial charge in [-0.1, -0.05) is 35.5 Å². The number of hydrogen-bond acceptors (Lipinski definition) is 6. The first kappa shape index (κ1) is 21.2. The number of rotatable bonds is 5. The number of nitrogens with zero attached hydrogens (tertiary/aromatic N) is 5. The fourth-order valence-electron chi connectivity index (χ4n) is 4.18. The van der Waals surface area contributed by atoms with E-state index in [0.29, 0.717) is 50.8 Å². The van der Waals surface area contributed by atoms with Crippen molar-refractivity contribution >= 4 is 10.0 Å². The molecule has 0 spiro atoms. The van der Waals surface area contributed by atoms with Gasteiger partial charge in [-0.3, -0.25) is 4.90 Å². The maximum Gasteiger partial charge on any atom is 0.243 e. The molecule has 8 nitrogen and oxygen atoms in total. The van der Waals surface area contributed by atoms with Gasteiger partial charge in [0.25, 0.3) is 0 Å². The van der Waals surface area contributed by atoms with Gasteiger partial charge in [-0.25, -0.2) is 17.5 Å². The number of piperazine rings is 1. The Morgan fingerprint density at radius 1 is 1.03 bits per heavy atom. The summed E-state index contributed by atoms with van der Waals surface area (Å²) < 4.78 is 48.5. The lowest BCUT2D eigenvalue weighted by molar-refractivity contribution is -0.00232. The molecule has 0 saturated carbocycles. The summed E-state index contributed by atoms with van der Waals surface area (Å²) in [5.41, 5.74) is 2.53. The van der Waals surface area contributed by atoms with Crippen LogP contribution in [0.25, 0.3) is 0 Å². The molecule has 168 valence electrons. The first-order chi connectivity index (χ1) is 15.5. The van der Waals surface area contributed by atoms with Gasteiger partial charge in [0.2, 0.25) is 10.0 Å². The topological polar surface area (TPSA) is 80.6 Å². The van der Waals surface area contributed by atoms with E-state index in [4.69, 9.17) is 4.74 Å². The van der Waals surface area contributed by atoms with E-state index >= 15 is 0 Å². The van der Waals surface area contributed by atoms with Gasteiger partial charge in [0.1, 0.15) is 17.6 Å². The lowest BCUT2D eigenvalue weighted by Gasteiger charge is -2.33. The quantitative estimate of drug-likeness (QED) is 0.584. The summed E-state index contributed by atoms with van der Waals surface area (Å²) >= 11 is 0. The lowest BCUT2D eigenvalue weighted by Crippen LogP contribution is -2.48. The minimum atomic E-state index is -3.47. The molecule has 1 saturated heterocycles. The van der Waals surface area contributed by atoms with Crippen LogP contribution in [0.2, 0.25) is 0 Å². The van der Waals surface area contributed by atoms with E-state index in [2.05, 4.69) is 15.2 Å². The molecule has 0 bridgehead atoms. The molecule has 1 aromatic heterocycles. The van der Waals surface area contributed by atoms with E-state index < -0.39 is 10.0 Å². The normalized spacial score (nSPS) is 20.2. The van der Waals surface area contributed by atoms with E-state index in [9.17, 15) is 12.8 Å². The highest BCUT2D eigenvalue weighted by Crippen LogP contribution is 2.28. The van der Waals surface area contributed by atoms with Crippen LogP contribution in [0, 0.1) is 5.82 Å². The number of hydrogen-bond donors (Lipinski definition) is 0. The summed E-state index contributed by atoms with van der Waals surface area (Å²) in [6, 6.07) is 14.9. The van der Waals surface area contributed by atoms with Crippen LogP contribution >= 0.6 is 0 Å². The van der Waals surface area contributed by atoms with E-state index in [-0.39, 0.29) is 11.9 Å². The van der Waals surface area contributed by atoms with Crippen LogP contribution in [0.1, 0.15) is 23.1 Å². The van der Waals surface area contributed by atoms with Crippen LogP contribution < -0.4 is 0 Å². The third kappa shape index (κ3) is 4.18. The standard InChI is InChI=1S/C22H24FN5O3S/c23-18-6-4-5-17(13-18)22-15-28-21(16-31-22)20(24-25-28)14-26-9-11-27(12-10-26)32(29,30)19-7-2-1-3-8-19/h1-8,13,22H,9-12,14-16H2/t22-/m1/s1. The fourth-order valence-corrected chi connectivity index (χ4v) is 5.62. The molecule has 5 rings (SSSR count). The molecule has 2 aliphatic heterocycles. The molecule has 0 radical (unpaired) electrons. The number of ether oxygens (including phenoxy) is 1. The second-order valence-corrected chi connectivity index (χ2v) is 9.95. The highest BCUT2D eigenvalue weighted by molar-refractivity contribution is 7.89. The molecular formula is C22H24FN5O3S. The second kappa shape index (κ2) is 8.70. The van der Waals surface area contributed by atoms with Gasteiger partial charge in [0.05, 0.1) is 23.7 Å². The van der Waals surface area contributed by atoms with E-state index in [1.54, 1.807) is 36.4 Å². The number of sulfonamides is 1. The molecule has 0 N–H and O–H groups in total. The van der Waals surface area contributed by atoms with E-state index in [1.165, 1.54) is 16.4 Å². The number of fused-ring (bicyclic) bond motifs is 1. The molecule has 0 amide bonds. The van der Waals surface area contributed by atoms with Crippen molar-refractivity contribution < 1.29 is 17.5 Å². The molecule has 1 atom stereocenters. The van der Waals surface area contributed by atoms with Gasteiger partial charge in [0, 0.05) is 32.7 Å². The Kier molecular flexibility index (Phi) is 5.76. The molecule has 2 aromatic carbocycles. The number of halogens is 1. The minimum Gasteiger partial charge on any atom is -0.365 e. The lowest BCUT2D eigenvalue weighted by atomic mass is 10.1. The predicted molar refractivity (Wildman–Crippen MR) is 114 cm³/mol. The van der Waals surface area contributed by atoms with Crippen LogP contribution in [0.15, 0.2) is 59.5 Å². The molecular weight excluding hydrogens is 433 g/mol. The Balaban J connectivity index is 1.21. The van der Waals surface area contributed by atoms with Gasteiger partial charge in [0.15, 0.2) is 0 Å². The third-order valence-corrected chi connectivity index (χ3v) is 7.90. The number of benzene rings is 2. The Hall–Kier alpha value is -2.66. The first-order valence-corrected chi connectivity index (χ1v) is 12.0. The van der Waals surface area contributed by atoms with Gasteiger partial charge >= 0.3 is 0 Å². The number of aromatic nitrogens is 3. The minimum absolute atomic E-state index is 0.264. The zero-order valence-corrected chi connectivity index (χ0v) is 18.3. The van der Waals surface area contributed by atoms with Crippen molar-refractivity contribution in [3.63, 3.8) is 0 Å². The summed E-state index contributed by atoms with van der Waals surface area (Å²) in [4.78, 5) is 2.51. The van der Waals surface area contributed by atoms with Crippen LogP contribution in [0.4, 0.5) is 4.39 Å². The van der Waals surface area contributed by atoms with Crippen molar-refractivity contribution in [1.82, 2.24) is 24.2 Å². The highest BCUT2D eigenvalue weighted by Gasteiger charge is 2.30. The van der Waals surface area contributed by atoms with Crippen molar-refractivity contribution in [2.45, 2.75) is 30.7 Å². The Morgan fingerprint density at radius 2 is 1.81 bits per heavy atom. The largest absolute Gasteiger partial charge is 0.365 e. The van der Waals surface area contributed by atoms with Gasteiger partial charge < -0.3 is 4.74 Å². The average Bonchev–Trinajstić information content (AvgIpc) is 3.22. The summed E-state index contributed by atoms with van der Waals surface area (Å²) in [5.74, 6) is -0.287. The maximum absolute atomic E-state index is 13.5. The predicted octanol–water partition coefficient (Wildman–Crippen LogP) is 2.20. The molecule has 0 aliphatic carbocycles. The van der Waals surface area contributed by atoms with Crippen LogP contribution in [0.3, 0.4) is 0 Å². The Morgan fingerprint density at radius 3 is 2.56 bits per heavy atom. The third-order valence-electron chi connectivity index (χ3n) is 5.98. The van der Waals surface area contributed by atoms with Gasteiger partial charge in [-0.05, 0) is 29.8 Å². The summed E-state index contributed by atoms with van der Waals surface area (Å²) in [7, 11) is -3.47. The second-order valence-electron chi connectivity index (χ2n) is 8.01. The average molecular weight is 458 g/mol. The molecule has 3 heterocycles. The molecule has 1 fully saturated rings. The SMILES string of the molecule is O=S(=O)(c1ccccc1)N1CCN(Cc2nnn3c2CO[C@@H](c2cccc(F)c2)C3)CC1. The maximum atomic E-state index is 13.5. The molecule has 32 heavy (non-hydrogen) atoms. The van der Waals surface area contributed by atoms with Gasteiger partial charge in [-0.15, -0.1) is 5.10 Å². The van der Waals surface area contributed by atoms with Crippen molar-refractivity contribution in [3.8, 4) is 0 Å². The van der Waals surface area contributed by atoms with Crippen LogP contribution in [-0.2, 0) is 34.5 Å². The fraction of sp³-hybridized carbons (Fsp3) is 0.364. The molecule has 2 aliphatic rings. The monoisotopic (exact) mass is 457 g/mol. The van der Waals surface area contributed by atoms with Crippen LogP contribution in [-0.4, -0.2) is 58.8 Å². The Bertz CT molecular complexity index is 1190. The highest BCUT2D eigenvalue weighted by atomic mass is 32.2. The molecule has 0 unspecified atom stereocenters. The molecule has 10 heteroatoms. The van der Waals surface area contributed by atoms with Crippen molar-refractivity contribution in [2.24, 2.45) is 0 Å². The smallest absolute Gasteiger partial charge is 0.243 e. The zero-order valence-electron chi connectivity index (χ0n) is 17.5. The van der Waals surface area contributed by atoms with E-state index in [1.807, 2.05) is 10.7 Å². The van der Waals surface area contributed by atoms with Crippen molar-refractivity contribution in [1.29, 1.82) is 0 Å². The van der Waals surface area contributed by atoms with Crippen LogP contribution in [0.5, 0.6) is 0 Å². The first-order valence-electron chi connectivity index (χ1n) is 10.6. The molecule has 3 aromatic rings. The van der Waals surface area contributed by atoms with Crippen molar-refractivity contribution in [2.75, 3.05) is 26.2 Å².